The average molecular weight is 234 g/mol. The molecule has 0 aromatic carbocycles. The number of aliphatic hydroxyl groups excluding tert-OH is 4. The van der Waals surface area contributed by atoms with Gasteiger partial charge >= 0.3 is 5.97 Å². The smallest absolute Gasteiger partial charge is 0.330 e. The summed E-state index contributed by atoms with van der Waals surface area (Å²) in [6.45, 7) is 1.53. The van der Waals surface area contributed by atoms with Gasteiger partial charge in [-0.05, 0) is 0 Å². The van der Waals surface area contributed by atoms with Crippen LogP contribution in [0.1, 0.15) is 0 Å². The summed E-state index contributed by atoms with van der Waals surface area (Å²) in [4.78, 5) is 21.7. The Morgan fingerprint density at radius 1 is 1.31 bits per heavy atom. The highest BCUT2D eigenvalue weighted by Crippen LogP contribution is 2.01. The number of esters is 1. The van der Waals surface area contributed by atoms with Crippen molar-refractivity contribution >= 4 is 11.8 Å². The van der Waals surface area contributed by atoms with Crippen molar-refractivity contribution in [1.82, 2.24) is 0 Å². The maximum atomic E-state index is 11.1. The van der Waals surface area contributed by atoms with Crippen LogP contribution in [0.4, 0.5) is 0 Å². The maximum Gasteiger partial charge on any atom is 0.330 e. The van der Waals surface area contributed by atoms with Crippen molar-refractivity contribution in [3.05, 3.63) is 12.7 Å². The van der Waals surface area contributed by atoms with E-state index in [1.54, 1.807) is 0 Å². The lowest BCUT2D eigenvalue weighted by Gasteiger charge is -2.20. The van der Waals surface area contributed by atoms with Crippen molar-refractivity contribution < 1.29 is 34.8 Å². The summed E-state index contributed by atoms with van der Waals surface area (Å²) in [5, 5.41) is 35.7. The van der Waals surface area contributed by atoms with Gasteiger partial charge in [0.2, 0.25) is 5.78 Å². The second kappa shape index (κ2) is 7.07. The van der Waals surface area contributed by atoms with E-state index in [0.29, 0.717) is 0 Å². The summed E-state index contributed by atoms with van der Waals surface area (Å²) < 4.78 is 4.32. The van der Waals surface area contributed by atoms with Crippen LogP contribution in [0.5, 0.6) is 0 Å². The average Bonchev–Trinajstić information content (AvgIpc) is 2.32. The van der Waals surface area contributed by atoms with Crippen LogP contribution in [-0.4, -0.2) is 63.7 Å². The number of aliphatic hydroxyl groups is 4. The number of carbonyl (C=O) groups is 2. The van der Waals surface area contributed by atoms with Crippen LogP contribution in [0.3, 0.4) is 0 Å². The van der Waals surface area contributed by atoms with Crippen molar-refractivity contribution in [3.8, 4) is 0 Å². The molecule has 3 atom stereocenters. The zero-order valence-electron chi connectivity index (χ0n) is 8.44. The highest BCUT2D eigenvalue weighted by molar-refractivity contribution is 5.88. The Morgan fingerprint density at radius 3 is 2.31 bits per heavy atom. The minimum absolute atomic E-state index is 0.749. The monoisotopic (exact) mass is 234 g/mol. The zero-order chi connectivity index (χ0) is 12.7. The highest BCUT2D eigenvalue weighted by atomic mass is 16.5. The largest absolute Gasteiger partial charge is 0.454 e. The minimum Gasteiger partial charge on any atom is -0.454 e. The lowest BCUT2D eigenvalue weighted by Crippen LogP contribution is -2.45. The molecule has 0 aliphatic rings. The molecule has 7 nitrogen and oxygen atoms in total. The molecule has 7 heteroatoms. The molecule has 16 heavy (non-hydrogen) atoms. The molecule has 0 aromatic heterocycles. The molecule has 0 aliphatic carbocycles. The first-order valence-corrected chi connectivity index (χ1v) is 4.41. The molecule has 92 valence electrons. The molecule has 0 heterocycles. The summed E-state index contributed by atoms with van der Waals surface area (Å²) in [6, 6.07) is 0. The van der Waals surface area contributed by atoms with E-state index in [4.69, 9.17) is 15.3 Å². The molecule has 0 bridgehead atoms. The molecule has 0 saturated carbocycles. The fourth-order valence-corrected chi connectivity index (χ4v) is 0.795. The summed E-state index contributed by atoms with van der Waals surface area (Å²) in [5.74, 6) is -1.84. The molecule has 0 amide bonds. The Balaban J connectivity index is 4.17. The van der Waals surface area contributed by atoms with Gasteiger partial charge in [-0.1, -0.05) is 6.58 Å². The Morgan fingerprint density at radius 2 is 1.88 bits per heavy atom. The van der Waals surface area contributed by atoms with Crippen LogP contribution in [0.25, 0.3) is 0 Å². The van der Waals surface area contributed by atoms with Crippen LogP contribution in [0.15, 0.2) is 12.7 Å². The lowest BCUT2D eigenvalue weighted by atomic mass is 10.1. The van der Waals surface area contributed by atoms with E-state index in [-0.39, 0.29) is 0 Å². The predicted molar refractivity (Wildman–Crippen MR) is 51.3 cm³/mol. The Hall–Kier alpha value is -1.28. The van der Waals surface area contributed by atoms with Crippen LogP contribution in [0, 0.1) is 0 Å². The van der Waals surface area contributed by atoms with Gasteiger partial charge in [0.25, 0.3) is 0 Å². The number of rotatable bonds is 7. The van der Waals surface area contributed by atoms with E-state index in [1.807, 2.05) is 0 Å². The number of ether oxygens (including phenoxy) is 1. The third-order valence-corrected chi connectivity index (χ3v) is 1.76. The molecule has 0 unspecified atom stereocenters. The lowest BCUT2D eigenvalue weighted by molar-refractivity contribution is -0.152. The summed E-state index contributed by atoms with van der Waals surface area (Å²) in [5.41, 5.74) is 0. The SMILES string of the molecule is C=CC(=O)OCC(=O)[C@H](O)[C@@H](O)[C@H](O)CO. The first-order valence-electron chi connectivity index (χ1n) is 4.41. The topological polar surface area (TPSA) is 124 Å². The third kappa shape index (κ3) is 4.49. The number of carbonyl (C=O) groups excluding carboxylic acids is 2. The van der Waals surface area contributed by atoms with Gasteiger partial charge in [-0.25, -0.2) is 4.79 Å². The van der Waals surface area contributed by atoms with Gasteiger partial charge in [0.1, 0.15) is 18.3 Å². The quantitative estimate of drug-likeness (QED) is 0.280. The van der Waals surface area contributed by atoms with Gasteiger partial charge < -0.3 is 25.2 Å². The number of hydrogen-bond donors (Lipinski definition) is 4. The zero-order valence-corrected chi connectivity index (χ0v) is 8.44. The van der Waals surface area contributed by atoms with Gasteiger partial charge in [0.15, 0.2) is 6.61 Å². The van der Waals surface area contributed by atoms with Gasteiger partial charge in [0, 0.05) is 6.08 Å². The fraction of sp³-hybridized carbons (Fsp3) is 0.556. The molecular formula is C9H14O7. The summed E-state index contributed by atoms with van der Waals surface area (Å²) in [7, 11) is 0. The summed E-state index contributed by atoms with van der Waals surface area (Å²) >= 11 is 0. The van der Waals surface area contributed by atoms with Gasteiger partial charge in [0.05, 0.1) is 6.61 Å². The van der Waals surface area contributed by atoms with Crippen molar-refractivity contribution in [3.63, 3.8) is 0 Å². The van der Waals surface area contributed by atoms with E-state index in [2.05, 4.69) is 11.3 Å². The molecule has 0 spiro atoms. The van der Waals surface area contributed by atoms with Gasteiger partial charge in [-0.15, -0.1) is 0 Å². The molecule has 0 fully saturated rings. The Labute approximate surface area is 91.6 Å². The van der Waals surface area contributed by atoms with Crippen molar-refractivity contribution in [2.24, 2.45) is 0 Å². The van der Waals surface area contributed by atoms with E-state index >= 15 is 0 Å². The molecule has 0 aromatic rings. The van der Waals surface area contributed by atoms with E-state index in [0.717, 1.165) is 6.08 Å². The Kier molecular flexibility index (Phi) is 6.50. The normalized spacial score (nSPS) is 16.0. The second-order valence-electron chi connectivity index (χ2n) is 2.96. The number of hydrogen-bond acceptors (Lipinski definition) is 7. The minimum atomic E-state index is -1.93. The maximum absolute atomic E-state index is 11.1. The van der Waals surface area contributed by atoms with Gasteiger partial charge in [-0.3, -0.25) is 4.79 Å². The van der Waals surface area contributed by atoms with E-state index < -0.39 is 43.3 Å². The molecular weight excluding hydrogens is 220 g/mol. The second-order valence-corrected chi connectivity index (χ2v) is 2.96. The first-order chi connectivity index (χ1) is 7.43. The number of Topliss-reactive ketones (excluding diaryl/α,β-unsaturated/α-hetero) is 1. The standard InChI is InChI=1S/C9H14O7/c1-2-7(13)16-4-6(12)9(15)8(14)5(11)3-10/h2,5,8-11,14-15H,1,3-4H2/t5-,8+,9+/m1/s1. The van der Waals surface area contributed by atoms with Crippen LogP contribution in [0.2, 0.25) is 0 Å². The highest BCUT2D eigenvalue weighted by Gasteiger charge is 2.30. The first kappa shape index (κ1) is 14.7. The molecule has 0 radical (unpaired) electrons. The van der Waals surface area contributed by atoms with Gasteiger partial charge in [-0.2, -0.15) is 0 Å². The predicted octanol–water partition coefficient (Wildman–Crippen LogP) is -2.64. The molecule has 0 saturated heterocycles. The van der Waals surface area contributed by atoms with Crippen molar-refractivity contribution in [2.75, 3.05) is 13.2 Å². The van der Waals surface area contributed by atoms with Crippen LogP contribution < -0.4 is 0 Å². The summed E-state index contributed by atoms with van der Waals surface area (Å²) in [6.07, 6.45) is -4.58. The van der Waals surface area contributed by atoms with Crippen molar-refractivity contribution in [1.29, 1.82) is 0 Å². The van der Waals surface area contributed by atoms with Crippen LogP contribution in [-0.2, 0) is 14.3 Å². The Bertz CT molecular complexity index is 263. The van der Waals surface area contributed by atoms with E-state index in [1.165, 1.54) is 0 Å². The molecule has 4 N–H and O–H groups in total. The van der Waals surface area contributed by atoms with Crippen molar-refractivity contribution in [2.45, 2.75) is 18.3 Å². The number of ketones is 1. The molecule has 0 rings (SSSR count). The third-order valence-electron chi connectivity index (χ3n) is 1.76. The van der Waals surface area contributed by atoms with E-state index in [9.17, 15) is 14.7 Å². The fourth-order valence-electron chi connectivity index (χ4n) is 0.795. The molecule has 0 aliphatic heterocycles. The van der Waals surface area contributed by atoms with Crippen LogP contribution >= 0.6 is 0 Å².